The van der Waals surface area contributed by atoms with Crippen molar-refractivity contribution in [2.75, 3.05) is 13.1 Å². The van der Waals surface area contributed by atoms with Gasteiger partial charge in [0, 0.05) is 30.0 Å². The summed E-state index contributed by atoms with van der Waals surface area (Å²) in [6.07, 6.45) is 5.61. The number of hydrogen-bond acceptors (Lipinski definition) is 4. The van der Waals surface area contributed by atoms with Gasteiger partial charge in [0.15, 0.2) is 5.82 Å². The molecule has 24 heavy (non-hydrogen) atoms. The van der Waals surface area contributed by atoms with Gasteiger partial charge in [0.05, 0.1) is 6.07 Å². The predicted molar refractivity (Wildman–Crippen MR) is 92.1 cm³/mol. The maximum absolute atomic E-state index is 9.13. The van der Waals surface area contributed by atoms with Crippen LogP contribution in [0.25, 0.3) is 11.4 Å². The van der Waals surface area contributed by atoms with Gasteiger partial charge in [-0.2, -0.15) is 10.4 Å². The summed E-state index contributed by atoms with van der Waals surface area (Å²) in [5.74, 6) is 2.47. The fraction of sp³-hybridized carbons (Fsp3) is 0.526. The number of benzene rings is 1. The van der Waals surface area contributed by atoms with E-state index in [1.165, 1.54) is 6.42 Å². The Morgan fingerprint density at radius 2 is 2.04 bits per heavy atom. The minimum absolute atomic E-state index is 0.255. The average molecular weight is 321 g/mol. The molecular weight excluding hydrogens is 298 g/mol. The van der Waals surface area contributed by atoms with E-state index in [4.69, 9.17) is 10.2 Å². The molecule has 2 fully saturated rings. The molecule has 4 rings (SSSR count). The number of likely N-dealkylation sites (tertiary alicyclic amines) is 1. The molecule has 2 heterocycles. The highest BCUT2D eigenvalue weighted by Gasteiger charge is 2.33. The lowest BCUT2D eigenvalue weighted by Gasteiger charge is -2.36. The van der Waals surface area contributed by atoms with Crippen LogP contribution in [0.15, 0.2) is 30.3 Å². The van der Waals surface area contributed by atoms with Crippen molar-refractivity contribution < 1.29 is 0 Å². The van der Waals surface area contributed by atoms with Gasteiger partial charge in [0.2, 0.25) is 0 Å². The standard InChI is InChI=1S/C19H23N5/c20-12-14-8-9-17(11-14)24-10-4-7-16(13-24)19-21-18(22-23-19)15-5-2-1-3-6-15/h1-3,5-6,14,16-17H,4,7-11,13H2,(H,21,22,23). The largest absolute Gasteiger partial charge is 0.300 e. The van der Waals surface area contributed by atoms with Crippen LogP contribution in [0.2, 0.25) is 0 Å². The zero-order chi connectivity index (χ0) is 16.4. The molecule has 124 valence electrons. The molecule has 1 saturated carbocycles. The average Bonchev–Trinajstić information content (AvgIpc) is 3.32. The van der Waals surface area contributed by atoms with Crippen LogP contribution in [0, 0.1) is 17.2 Å². The predicted octanol–water partition coefficient (Wildman–Crippen LogP) is 3.34. The number of rotatable bonds is 3. The Balaban J connectivity index is 1.45. The summed E-state index contributed by atoms with van der Waals surface area (Å²) in [6, 6.07) is 13.1. The Hall–Kier alpha value is -2.19. The molecule has 5 heteroatoms. The van der Waals surface area contributed by atoms with Gasteiger partial charge in [-0.1, -0.05) is 30.3 Å². The number of aromatic amines is 1. The van der Waals surface area contributed by atoms with E-state index in [9.17, 15) is 0 Å². The molecule has 2 aromatic rings. The highest BCUT2D eigenvalue weighted by molar-refractivity contribution is 5.53. The van der Waals surface area contributed by atoms with E-state index in [1.807, 2.05) is 30.3 Å². The van der Waals surface area contributed by atoms with E-state index in [0.29, 0.717) is 12.0 Å². The number of nitrogens with one attached hydrogen (secondary N) is 1. The van der Waals surface area contributed by atoms with Crippen molar-refractivity contribution in [2.45, 2.75) is 44.1 Å². The summed E-state index contributed by atoms with van der Waals surface area (Å²) in [7, 11) is 0. The first-order chi connectivity index (χ1) is 11.8. The summed E-state index contributed by atoms with van der Waals surface area (Å²) in [6.45, 7) is 2.19. The highest BCUT2D eigenvalue weighted by atomic mass is 15.2. The van der Waals surface area contributed by atoms with Crippen LogP contribution in [0.1, 0.15) is 43.8 Å². The van der Waals surface area contributed by atoms with Crippen molar-refractivity contribution in [1.82, 2.24) is 20.1 Å². The second kappa shape index (κ2) is 6.74. The Labute approximate surface area is 142 Å². The monoisotopic (exact) mass is 321 g/mol. The van der Waals surface area contributed by atoms with Gasteiger partial charge < -0.3 is 0 Å². The first kappa shape index (κ1) is 15.3. The van der Waals surface area contributed by atoms with Crippen LogP contribution in [0.4, 0.5) is 0 Å². The van der Waals surface area contributed by atoms with Crippen LogP contribution >= 0.6 is 0 Å². The number of nitrogens with zero attached hydrogens (tertiary/aromatic N) is 4. The van der Waals surface area contributed by atoms with Gasteiger partial charge in [0.25, 0.3) is 0 Å². The molecule has 2 aliphatic rings. The smallest absolute Gasteiger partial charge is 0.181 e. The third kappa shape index (κ3) is 3.07. The minimum atomic E-state index is 0.255. The number of H-pyrrole nitrogens is 1. The van der Waals surface area contributed by atoms with Gasteiger partial charge in [-0.05, 0) is 38.6 Å². The van der Waals surface area contributed by atoms with Crippen molar-refractivity contribution in [3.05, 3.63) is 36.2 Å². The topological polar surface area (TPSA) is 68.6 Å². The summed E-state index contributed by atoms with van der Waals surface area (Å²) >= 11 is 0. The molecular formula is C19H23N5. The SMILES string of the molecule is N#CC1CCC(N2CCCC(c3nc(-c4ccccc4)n[nH]3)C2)C1. The Kier molecular flexibility index (Phi) is 4.31. The fourth-order valence-corrected chi connectivity index (χ4v) is 4.14. The van der Waals surface area contributed by atoms with Crippen LogP contribution in [0.3, 0.4) is 0 Å². The van der Waals surface area contributed by atoms with Crippen LogP contribution in [-0.4, -0.2) is 39.2 Å². The molecule has 0 amide bonds. The second-order valence-electron chi connectivity index (χ2n) is 7.04. The Morgan fingerprint density at radius 1 is 1.17 bits per heavy atom. The maximum Gasteiger partial charge on any atom is 0.181 e. The van der Waals surface area contributed by atoms with Crippen molar-refractivity contribution in [3.8, 4) is 17.5 Å². The molecule has 0 spiro atoms. The van der Waals surface area contributed by atoms with Gasteiger partial charge in [-0.25, -0.2) is 4.98 Å². The van der Waals surface area contributed by atoms with E-state index >= 15 is 0 Å². The fourth-order valence-electron chi connectivity index (χ4n) is 4.14. The molecule has 0 bridgehead atoms. The molecule has 5 nitrogen and oxygen atoms in total. The molecule has 1 saturated heterocycles. The molecule has 1 aliphatic heterocycles. The molecule has 3 atom stereocenters. The Bertz CT molecular complexity index is 717. The number of aromatic nitrogens is 3. The third-order valence-corrected chi connectivity index (χ3v) is 5.48. The van der Waals surface area contributed by atoms with E-state index < -0.39 is 0 Å². The van der Waals surface area contributed by atoms with Gasteiger partial charge in [-0.15, -0.1) is 0 Å². The lowest BCUT2D eigenvalue weighted by Crippen LogP contribution is -2.41. The van der Waals surface area contributed by atoms with Crippen LogP contribution in [-0.2, 0) is 0 Å². The first-order valence-electron chi connectivity index (χ1n) is 8.95. The minimum Gasteiger partial charge on any atom is -0.300 e. The second-order valence-corrected chi connectivity index (χ2v) is 7.04. The summed E-state index contributed by atoms with van der Waals surface area (Å²) < 4.78 is 0. The van der Waals surface area contributed by atoms with Crippen molar-refractivity contribution in [2.24, 2.45) is 5.92 Å². The van der Waals surface area contributed by atoms with E-state index in [-0.39, 0.29) is 5.92 Å². The lowest BCUT2D eigenvalue weighted by molar-refractivity contribution is 0.146. The zero-order valence-electron chi connectivity index (χ0n) is 13.9. The van der Waals surface area contributed by atoms with Crippen molar-refractivity contribution in [3.63, 3.8) is 0 Å². The van der Waals surface area contributed by atoms with Crippen LogP contribution in [0.5, 0.6) is 0 Å². The maximum atomic E-state index is 9.13. The number of nitriles is 1. The molecule has 0 radical (unpaired) electrons. The molecule has 1 N–H and O–H groups in total. The van der Waals surface area contributed by atoms with Crippen LogP contribution < -0.4 is 0 Å². The van der Waals surface area contributed by atoms with Crippen molar-refractivity contribution >= 4 is 0 Å². The molecule has 3 unspecified atom stereocenters. The summed E-state index contributed by atoms with van der Waals surface area (Å²) in [5, 5.41) is 16.7. The normalized spacial score (nSPS) is 27.9. The van der Waals surface area contributed by atoms with Gasteiger partial charge in [-0.3, -0.25) is 10.00 Å². The molecule has 1 aromatic carbocycles. The highest BCUT2D eigenvalue weighted by Crippen LogP contribution is 2.34. The zero-order valence-corrected chi connectivity index (χ0v) is 13.9. The van der Waals surface area contributed by atoms with E-state index in [1.54, 1.807) is 0 Å². The lowest BCUT2D eigenvalue weighted by atomic mass is 9.95. The van der Waals surface area contributed by atoms with Gasteiger partial charge in [0.1, 0.15) is 5.82 Å². The van der Waals surface area contributed by atoms with E-state index in [0.717, 1.165) is 56.0 Å². The van der Waals surface area contributed by atoms with Gasteiger partial charge >= 0.3 is 0 Å². The first-order valence-corrected chi connectivity index (χ1v) is 8.95. The summed E-state index contributed by atoms with van der Waals surface area (Å²) in [5.41, 5.74) is 1.06. The third-order valence-electron chi connectivity index (χ3n) is 5.48. The summed E-state index contributed by atoms with van der Waals surface area (Å²) in [4.78, 5) is 7.33. The number of hydrogen-bond donors (Lipinski definition) is 1. The number of piperidine rings is 1. The quantitative estimate of drug-likeness (QED) is 0.941. The van der Waals surface area contributed by atoms with Crippen molar-refractivity contribution in [1.29, 1.82) is 5.26 Å². The molecule has 1 aliphatic carbocycles. The van der Waals surface area contributed by atoms with E-state index in [2.05, 4.69) is 21.2 Å². The Morgan fingerprint density at radius 3 is 2.83 bits per heavy atom. The molecule has 1 aromatic heterocycles.